The molecule has 0 aromatic rings. The zero-order chi connectivity index (χ0) is 17.0. The largest absolute Gasteiger partial charge is 0.444 e. The third-order valence-electron chi connectivity index (χ3n) is 2.58. The van der Waals surface area contributed by atoms with Crippen LogP contribution in [-0.4, -0.2) is 42.0 Å². The van der Waals surface area contributed by atoms with Gasteiger partial charge in [0.05, 0.1) is 6.67 Å². The Kier molecular flexibility index (Phi) is 6.99. The zero-order valence-electron chi connectivity index (χ0n) is 12.7. The van der Waals surface area contributed by atoms with E-state index in [1.165, 1.54) is 13.8 Å². The summed E-state index contributed by atoms with van der Waals surface area (Å²) in [6.45, 7) is 5.98. The Morgan fingerprint density at radius 3 is 2.00 bits per heavy atom. The predicted octanol–water partition coefficient (Wildman–Crippen LogP) is 3.32. The quantitative estimate of drug-likeness (QED) is 0.760. The summed E-state index contributed by atoms with van der Waals surface area (Å²) < 4.78 is 44.9. The van der Waals surface area contributed by atoms with Gasteiger partial charge in [-0.2, -0.15) is 0 Å². The lowest BCUT2D eigenvalue weighted by Gasteiger charge is -2.32. The van der Waals surface area contributed by atoms with Crippen LogP contribution in [0.25, 0.3) is 0 Å². The lowest BCUT2D eigenvalue weighted by molar-refractivity contribution is -0.126. The fraction of sp³-hybridized carbons (Fsp3) is 0.846. The average molecular weight is 332 g/mol. The van der Waals surface area contributed by atoms with Crippen LogP contribution < -0.4 is 5.32 Å². The number of carbonyl (C=O) groups is 2. The van der Waals surface area contributed by atoms with Crippen molar-refractivity contribution in [2.45, 2.75) is 58.1 Å². The van der Waals surface area contributed by atoms with E-state index in [9.17, 15) is 22.8 Å². The number of ketones is 1. The van der Waals surface area contributed by atoms with Crippen molar-refractivity contribution in [2.24, 2.45) is 5.41 Å². The number of ether oxygens (including phenoxy) is 1. The molecule has 0 aliphatic heterocycles. The van der Waals surface area contributed by atoms with E-state index in [0.29, 0.717) is 0 Å². The molecule has 0 aliphatic rings. The van der Waals surface area contributed by atoms with Gasteiger partial charge in [0, 0.05) is 5.41 Å². The van der Waals surface area contributed by atoms with E-state index >= 15 is 0 Å². The Morgan fingerprint density at radius 2 is 1.67 bits per heavy atom. The molecule has 8 heteroatoms. The van der Waals surface area contributed by atoms with E-state index in [1.807, 2.05) is 5.32 Å². The van der Waals surface area contributed by atoms with E-state index in [4.69, 9.17) is 16.3 Å². The molecule has 3 atom stereocenters. The summed E-state index contributed by atoms with van der Waals surface area (Å²) >= 11 is 5.01. The van der Waals surface area contributed by atoms with E-state index in [0.717, 1.165) is 0 Å². The molecule has 0 fully saturated rings. The van der Waals surface area contributed by atoms with Crippen LogP contribution in [0.5, 0.6) is 0 Å². The predicted molar refractivity (Wildman–Crippen MR) is 73.6 cm³/mol. The van der Waals surface area contributed by atoms with Crippen LogP contribution in [-0.2, 0) is 9.53 Å². The molecular formula is C13H21ClF3NO3. The first-order chi connectivity index (χ1) is 9.31. The van der Waals surface area contributed by atoms with Crippen molar-refractivity contribution >= 4 is 23.5 Å². The highest BCUT2D eigenvalue weighted by Gasteiger charge is 2.43. The number of carbonyl (C=O) groups excluding carboxylic acids is 2. The Bertz CT molecular complexity index is 383. The number of amides is 1. The molecule has 0 radical (unpaired) electrons. The molecule has 21 heavy (non-hydrogen) atoms. The average Bonchev–Trinajstić information content (AvgIpc) is 2.31. The van der Waals surface area contributed by atoms with E-state index in [2.05, 4.69) is 0 Å². The zero-order valence-corrected chi connectivity index (χ0v) is 13.4. The van der Waals surface area contributed by atoms with E-state index in [1.54, 1.807) is 20.8 Å². The first-order valence-corrected chi connectivity index (χ1v) is 6.77. The summed E-state index contributed by atoms with van der Waals surface area (Å²) in [5, 5.41) is 1.92. The Hall–Kier alpha value is -0.980. The fourth-order valence-corrected chi connectivity index (χ4v) is 1.52. The molecule has 0 saturated carbocycles. The number of Topliss-reactive ketones (excluding diaryl/α,β-unsaturated/α-hetero) is 1. The molecule has 0 aromatic carbocycles. The fourth-order valence-electron chi connectivity index (χ4n) is 1.38. The molecular weight excluding hydrogens is 311 g/mol. The highest BCUT2D eigenvalue weighted by atomic mass is 35.5. The van der Waals surface area contributed by atoms with Crippen LogP contribution in [0, 0.1) is 5.41 Å². The minimum Gasteiger partial charge on any atom is -0.444 e. The molecule has 1 amide bonds. The molecule has 3 unspecified atom stereocenters. The number of nitrogens with one attached hydrogen (secondary N) is 1. The first-order valence-electron chi connectivity index (χ1n) is 6.33. The van der Waals surface area contributed by atoms with Gasteiger partial charge in [-0.25, -0.2) is 13.6 Å². The van der Waals surface area contributed by atoms with Gasteiger partial charge in [-0.3, -0.25) is 9.18 Å². The number of hydrogen-bond acceptors (Lipinski definition) is 3. The van der Waals surface area contributed by atoms with Crippen LogP contribution >= 0.6 is 11.6 Å². The van der Waals surface area contributed by atoms with Crippen LogP contribution in [0.1, 0.15) is 34.6 Å². The number of hydrogen-bond donors (Lipinski definition) is 1. The third kappa shape index (κ3) is 6.54. The summed E-state index contributed by atoms with van der Waals surface area (Å²) in [5.74, 6) is -1.39. The topological polar surface area (TPSA) is 55.4 Å². The molecule has 0 spiro atoms. The van der Waals surface area contributed by atoms with Crippen molar-refractivity contribution in [3.05, 3.63) is 0 Å². The van der Waals surface area contributed by atoms with Gasteiger partial charge in [-0.05, 0) is 20.8 Å². The van der Waals surface area contributed by atoms with Crippen LogP contribution in [0.4, 0.5) is 18.0 Å². The smallest absolute Gasteiger partial charge is 0.408 e. The maximum atomic E-state index is 14.3. The number of rotatable bonds is 6. The van der Waals surface area contributed by atoms with Crippen molar-refractivity contribution in [1.82, 2.24) is 5.32 Å². The summed E-state index contributed by atoms with van der Waals surface area (Å²) in [4.78, 5) is 23.2. The molecule has 0 bridgehead atoms. The second-order valence-electron chi connectivity index (χ2n) is 6.35. The summed E-state index contributed by atoms with van der Waals surface area (Å²) in [5.41, 5.74) is -5.00. The van der Waals surface area contributed by atoms with Gasteiger partial charge in [0.1, 0.15) is 17.8 Å². The first kappa shape index (κ1) is 20.0. The molecule has 1 N–H and O–H groups in total. The maximum Gasteiger partial charge on any atom is 0.408 e. The van der Waals surface area contributed by atoms with Crippen LogP contribution in [0.15, 0.2) is 0 Å². The Morgan fingerprint density at radius 1 is 1.19 bits per heavy atom. The molecule has 124 valence electrons. The monoisotopic (exact) mass is 331 g/mol. The highest BCUT2D eigenvalue weighted by Crippen LogP contribution is 2.28. The van der Waals surface area contributed by atoms with Crippen molar-refractivity contribution in [3.63, 3.8) is 0 Å². The van der Waals surface area contributed by atoms with Gasteiger partial charge in [0.15, 0.2) is 0 Å². The van der Waals surface area contributed by atoms with Gasteiger partial charge < -0.3 is 10.1 Å². The second kappa shape index (κ2) is 7.33. The van der Waals surface area contributed by atoms with E-state index < -0.39 is 47.4 Å². The van der Waals surface area contributed by atoms with Crippen molar-refractivity contribution in [3.8, 4) is 0 Å². The standard InChI is InChI=1S/C13H21ClF3NO3/c1-12(2,3)21-11(20)18-7(8(19)10(14)17)9(16)13(4,5)6-15/h7,9-10H,6H2,1-5H3,(H,18,20). The Labute approximate surface area is 127 Å². The van der Waals surface area contributed by atoms with Crippen LogP contribution in [0.3, 0.4) is 0 Å². The summed E-state index contributed by atoms with van der Waals surface area (Å²) in [7, 11) is 0. The highest BCUT2D eigenvalue weighted by molar-refractivity contribution is 6.30. The van der Waals surface area contributed by atoms with Gasteiger partial charge in [0.25, 0.3) is 0 Å². The van der Waals surface area contributed by atoms with Crippen molar-refractivity contribution in [1.29, 1.82) is 0 Å². The van der Waals surface area contributed by atoms with Crippen LogP contribution in [0.2, 0.25) is 0 Å². The molecule has 4 nitrogen and oxygen atoms in total. The molecule has 0 aromatic heterocycles. The van der Waals surface area contributed by atoms with Gasteiger partial charge >= 0.3 is 6.09 Å². The van der Waals surface area contributed by atoms with Crippen molar-refractivity contribution in [2.75, 3.05) is 6.67 Å². The Balaban J connectivity index is 5.18. The number of alkyl carbamates (subject to hydrolysis) is 1. The maximum absolute atomic E-state index is 14.3. The van der Waals surface area contributed by atoms with E-state index in [-0.39, 0.29) is 0 Å². The molecule has 0 saturated heterocycles. The second-order valence-corrected chi connectivity index (χ2v) is 6.73. The number of alkyl halides is 4. The summed E-state index contributed by atoms with van der Waals surface area (Å²) in [6.07, 6.45) is -3.28. The molecule has 0 heterocycles. The minimum absolute atomic E-state index is 0.894. The SMILES string of the molecule is CC(C)(C)OC(=O)NC(C(=O)C(F)Cl)C(F)C(C)(C)CF. The van der Waals surface area contributed by atoms with Gasteiger partial charge in [-0.1, -0.05) is 25.4 Å². The minimum atomic E-state index is -2.52. The van der Waals surface area contributed by atoms with Crippen molar-refractivity contribution < 1.29 is 27.5 Å². The normalized spacial score (nSPS) is 16.8. The number of halogens is 4. The van der Waals surface area contributed by atoms with Gasteiger partial charge in [-0.15, -0.1) is 0 Å². The lowest BCUT2D eigenvalue weighted by Crippen LogP contribution is -2.55. The molecule has 0 aliphatic carbocycles. The summed E-state index contributed by atoms with van der Waals surface area (Å²) in [6, 6.07) is -1.93. The van der Waals surface area contributed by atoms with Gasteiger partial charge in [0.2, 0.25) is 11.4 Å². The molecule has 0 rings (SSSR count). The third-order valence-corrected chi connectivity index (χ3v) is 2.79. The lowest BCUT2D eigenvalue weighted by atomic mass is 9.83.